The van der Waals surface area contributed by atoms with Crippen LogP contribution in [0.5, 0.6) is 17.4 Å². The molecule has 160 valence electrons. The van der Waals surface area contributed by atoms with Crippen LogP contribution in [0, 0.1) is 18.6 Å². The van der Waals surface area contributed by atoms with Crippen molar-refractivity contribution in [1.29, 1.82) is 0 Å². The van der Waals surface area contributed by atoms with Gasteiger partial charge in [0, 0.05) is 6.07 Å². The number of aromatic nitrogens is 4. The van der Waals surface area contributed by atoms with E-state index in [4.69, 9.17) is 14.2 Å². The fourth-order valence-electron chi connectivity index (χ4n) is 3.56. The zero-order chi connectivity index (χ0) is 21.5. The average Bonchev–Trinajstić information content (AvgIpc) is 3.33. The lowest BCUT2D eigenvalue weighted by atomic mass is 10.2. The van der Waals surface area contributed by atoms with E-state index in [1.54, 1.807) is 17.6 Å². The quantitative estimate of drug-likeness (QED) is 0.610. The molecule has 9 nitrogen and oxygen atoms in total. The lowest BCUT2D eigenvalue weighted by molar-refractivity contribution is 0.189. The normalized spacial score (nSPS) is 16.9. The van der Waals surface area contributed by atoms with Crippen molar-refractivity contribution in [3.63, 3.8) is 0 Å². The van der Waals surface area contributed by atoms with Crippen molar-refractivity contribution in [2.75, 3.05) is 18.2 Å². The first-order chi connectivity index (χ1) is 15.0. The third kappa shape index (κ3) is 3.67. The van der Waals surface area contributed by atoms with Gasteiger partial charge >= 0.3 is 5.69 Å². The summed E-state index contributed by atoms with van der Waals surface area (Å²) in [5.74, 6) is -1.03. The van der Waals surface area contributed by atoms with Gasteiger partial charge in [0.25, 0.3) is 0 Å². The zero-order valence-corrected chi connectivity index (χ0v) is 16.4. The molecule has 3 aromatic rings. The van der Waals surface area contributed by atoms with E-state index in [1.165, 1.54) is 12.4 Å². The van der Waals surface area contributed by atoms with Crippen molar-refractivity contribution < 1.29 is 23.0 Å². The molecule has 1 saturated heterocycles. The van der Waals surface area contributed by atoms with Gasteiger partial charge in [0.15, 0.2) is 23.1 Å². The summed E-state index contributed by atoms with van der Waals surface area (Å²) in [6.45, 7) is 2.93. The SMILES string of the molecule is Cc1ncc(Oc2c(F)cc(COc3cc4n(c(=O)n3)C[C@H]3COCN43)cc2F)cn1. The van der Waals surface area contributed by atoms with E-state index in [1.807, 2.05) is 4.90 Å². The summed E-state index contributed by atoms with van der Waals surface area (Å²) < 4.78 is 46.6. The Morgan fingerprint density at radius 2 is 1.94 bits per heavy atom. The van der Waals surface area contributed by atoms with E-state index in [-0.39, 0.29) is 29.8 Å². The third-order valence-corrected chi connectivity index (χ3v) is 5.06. The highest BCUT2D eigenvalue weighted by Crippen LogP contribution is 2.31. The number of halogens is 2. The number of rotatable bonds is 5. The number of anilines is 1. The third-order valence-electron chi connectivity index (χ3n) is 5.06. The summed E-state index contributed by atoms with van der Waals surface area (Å²) in [4.78, 5) is 26.0. The molecule has 1 aromatic carbocycles. The minimum atomic E-state index is -0.904. The van der Waals surface area contributed by atoms with Gasteiger partial charge in [-0.15, -0.1) is 0 Å². The molecule has 0 radical (unpaired) electrons. The predicted octanol–water partition coefficient (Wildman–Crippen LogP) is 2.17. The number of benzene rings is 1. The van der Waals surface area contributed by atoms with Gasteiger partial charge in [-0.25, -0.2) is 23.5 Å². The number of hydrogen-bond acceptors (Lipinski definition) is 8. The van der Waals surface area contributed by atoms with Crippen LogP contribution in [-0.2, 0) is 17.9 Å². The molecule has 1 fully saturated rings. The van der Waals surface area contributed by atoms with Gasteiger partial charge < -0.3 is 19.1 Å². The van der Waals surface area contributed by atoms with E-state index < -0.39 is 23.1 Å². The van der Waals surface area contributed by atoms with Crippen LogP contribution in [0.25, 0.3) is 0 Å². The first-order valence-electron chi connectivity index (χ1n) is 9.51. The Balaban J connectivity index is 1.32. The van der Waals surface area contributed by atoms with Crippen LogP contribution in [0.3, 0.4) is 0 Å². The second kappa shape index (κ2) is 7.58. The molecule has 0 unspecified atom stereocenters. The number of ether oxygens (including phenoxy) is 3. The molecule has 4 heterocycles. The maximum Gasteiger partial charge on any atom is 0.352 e. The van der Waals surface area contributed by atoms with Gasteiger partial charge in [0.05, 0.1) is 31.6 Å². The molecule has 0 spiro atoms. The summed E-state index contributed by atoms with van der Waals surface area (Å²) in [5, 5.41) is 0. The average molecular weight is 429 g/mol. The van der Waals surface area contributed by atoms with Crippen molar-refractivity contribution in [2.45, 2.75) is 26.1 Å². The molecule has 11 heteroatoms. The van der Waals surface area contributed by atoms with Crippen molar-refractivity contribution in [3.05, 3.63) is 64.1 Å². The zero-order valence-electron chi connectivity index (χ0n) is 16.4. The summed E-state index contributed by atoms with van der Waals surface area (Å²) in [7, 11) is 0. The van der Waals surface area contributed by atoms with Crippen molar-refractivity contribution in [2.24, 2.45) is 0 Å². The van der Waals surface area contributed by atoms with Gasteiger partial charge in [-0.3, -0.25) is 4.57 Å². The van der Waals surface area contributed by atoms with Crippen LogP contribution in [0.1, 0.15) is 11.4 Å². The van der Waals surface area contributed by atoms with Crippen LogP contribution in [0.15, 0.2) is 35.4 Å². The van der Waals surface area contributed by atoms with Crippen molar-refractivity contribution in [1.82, 2.24) is 19.5 Å². The molecule has 0 aliphatic carbocycles. The van der Waals surface area contributed by atoms with E-state index in [9.17, 15) is 13.6 Å². The molecule has 0 saturated carbocycles. The summed E-state index contributed by atoms with van der Waals surface area (Å²) in [5.41, 5.74) is -0.226. The van der Waals surface area contributed by atoms with E-state index in [0.29, 0.717) is 31.5 Å². The van der Waals surface area contributed by atoms with Crippen LogP contribution < -0.4 is 20.1 Å². The second-order valence-corrected chi connectivity index (χ2v) is 7.21. The van der Waals surface area contributed by atoms with Crippen LogP contribution in [0.4, 0.5) is 14.6 Å². The van der Waals surface area contributed by atoms with Crippen LogP contribution in [0.2, 0.25) is 0 Å². The fourth-order valence-corrected chi connectivity index (χ4v) is 3.56. The number of fused-ring (bicyclic) bond motifs is 3. The molecule has 0 bridgehead atoms. The molecule has 5 rings (SSSR count). The monoisotopic (exact) mass is 429 g/mol. The number of aryl methyl sites for hydroxylation is 1. The summed E-state index contributed by atoms with van der Waals surface area (Å²) in [6.07, 6.45) is 2.65. The van der Waals surface area contributed by atoms with Gasteiger partial charge in [-0.05, 0) is 24.6 Å². The van der Waals surface area contributed by atoms with E-state index in [2.05, 4.69) is 15.0 Å². The maximum atomic E-state index is 14.4. The van der Waals surface area contributed by atoms with E-state index in [0.717, 1.165) is 12.1 Å². The highest BCUT2D eigenvalue weighted by atomic mass is 19.1. The fraction of sp³-hybridized carbons (Fsp3) is 0.300. The van der Waals surface area contributed by atoms with Crippen molar-refractivity contribution >= 4 is 5.82 Å². The van der Waals surface area contributed by atoms with Gasteiger partial charge in [-0.2, -0.15) is 4.98 Å². The van der Waals surface area contributed by atoms with Crippen LogP contribution in [-0.4, -0.2) is 38.9 Å². The molecule has 2 aliphatic heterocycles. The highest BCUT2D eigenvalue weighted by molar-refractivity contribution is 5.47. The second-order valence-electron chi connectivity index (χ2n) is 7.21. The molecular weight excluding hydrogens is 412 g/mol. The summed E-state index contributed by atoms with van der Waals surface area (Å²) >= 11 is 0. The molecule has 31 heavy (non-hydrogen) atoms. The lowest BCUT2D eigenvalue weighted by Gasteiger charge is -2.15. The standard InChI is InChI=1S/C20H17F2N5O4/c1-11-23-5-14(6-24-11)31-19-15(21)2-12(3-16(19)22)8-30-17-4-18-26(20(28)25-17)7-13-9-29-10-27(13)18/h2-6,13H,7-10H2,1H3/t13-/m0/s1. The maximum absolute atomic E-state index is 14.4. The number of nitrogens with zero attached hydrogens (tertiary/aromatic N) is 5. The van der Waals surface area contributed by atoms with Crippen molar-refractivity contribution in [3.8, 4) is 17.4 Å². The topological polar surface area (TPSA) is 91.6 Å². The molecule has 0 amide bonds. The molecule has 0 N–H and O–H groups in total. The Bertz CT molecular complexity index is 1180. The Kier molecular flexibility index (Phi) is 4.74. The van der Waals surface area contributed by atoms with Gasteiger partial charge in [0.2, 0.25) is 5.88 Å². The Hall–Kier alpha value is -3.60. The van der Waals surface area contributed by atoms with E-state index >= 15 is 0 Å². The van der Waals surface area contributed by atoms with Crippen LogP contribution >= 0.6 is 0 Å². The molecule has 2 aliphatic rings. The number of hydrogen-bond donors (Lipinski definition) is 0. The summed E-state index contributed by atoms with van der Waals surface area (Å²) in [6, 6.07) is 3.91. The first kappa shape index (κ1) is 19.4. The largest absolute Gasteiger partial charge is 0.473 e. The lowest BCUT2D eigenvalue weighted by Crippen LogP contribution is -2.26. The smallest absolute Gasteiger partial charge is 0.352 e. The Labute approximate surface area is 174 Å². The Morgan fingerprint density at radius 1 is 1.19 bits per heavy atom. The molecule has 2 aromatic heterocycles. The highest BCUT2D eigenvalue weighted by Gasteiger charge is 2.35. The minimum absolute atomic E-state index is 0.0711. The molecule has 1 atom stereocenters. The van der Waals surface area contributed by atoms with Gasteiger partial charge in [0.1, 0.15) is 25.0 Å². The predicted molar refractivity (Wildman–Crippen MR) is 103 cm³/mol. The first-order valence-corrected chi connectivity index (χ1v) is 9.51. The Morgan fingerprint density at radius 3 is 2.68 bits per heavy atom. The molecular formula is C20H17F2N5O4. The van der Waals surface area contributed by atoms with Gasteiger partial charge in [-0.1, -0.05) is 0 Å². The minimum Gasteiger partial charge on any atom is -0.473 e.